The van der Waals surface area contributed by atoms with E-state index in [0.717, 1.165) is 12.8 Å². The zero-order valence-corrected chi connectivity index (χ0v) is 18.9. The van der Waals surface area contributed by atoms with E-state index >= 15 is 0 Å². The Hall–Kier alpha value is -0.820. The molecule has 1 heteroatoms. The van der Waals surface area contributed by atoms with Crippen LogP contribution in [0.15, 0.2) is 24.3 Å². The summed E-state index contributed by atoms with van der Waals surface area (Å²) in [5.74, 6) is 0. The smallest absolute Gasteiger partial charge is 0.0591 e. The lowest BCUT2D eigenvalue weighted by molar-refractivity contribution is 0.0703. The molecule has 1 nitrogen and oxygen atoms in total. The van der Waals surface area contributed by atoms with Crippen molar-refractivity contribution >= 4 is 0 Å². The zero-order valence-electron chi connectivity index (χ0n) is 18.9. The van der Waals surface area contributed by atoms with Crippen molar-refractivity contribution in [1.82, 2.24) is 0 Å². The lowest BCUT2D eigenvalue weighted by atomic mass is 9.72. The van der Waals surface area contributed by atoms with Crippen LogP contribution in [0.3, 0.4) is 0 Å². The van der Waals surface area contributed by atoms with Crippen molar-refractivity contribution in [2.45, 2.75) is 112 Å². The van der Waals surface area contributed by atoms with E-state index in [0.29, 0.717) is 5.41 Å². The van der Waals surface area contributed by atoms with Crippen LogP contribution in [0.5, 0.6) is 0 Å². The van der Waals surface area contributed by atoms with Crippen LogP contribution < -0.4 is 0 Å². The van der Waals surface area contributed by atoms with Crippen molar-refractivity contribution in [2.75, 3.05) is 0 Å². The van der Waals surface area contributed by atoms with E-state index in [4.69, 9.17) is 5.11 Å². The fourth-order valence-corrected chi connectivity index (χ4v) is 3.46. The first-order valence-electron chi connectivity index (χ1n) is 9.81. The van der Waals surface area contributed by atoms with Gasteiger partial charge >= 0.3 is 0 Å². The van der Waals surface area contributed by atoms with Crippen LogP contribution in [-0.4, -0.2) is 10.7 Å². The Bertz CT molecular complexity index is 487. The molecule has 0 spiro atoms. The van der Waals surface area contributed by atoms with Crippen molar-refractivity contribution in [3.8, 4) is 0 Å². The van der Waals surface area contributed by atoms with Crippen molar-refractivity contribution in [1.29, 1.82) is 0 Å². The molecule has 0 unspecified atom stereocenters. The SMILES string of the molecule is CC(C)(C)CC(C)(C)c1ccc(C(C)(C)C)cc1.CCCC(C)(C)O. The highest BCUT2D eigenvalue weighted by Crippen LogP contribution is 2.36. The van der Waals surface area contributed by atoms with Crippen molar-refractivity contribution < 1.29 is 5.11 Å². The summed E-state index contributed by atoms with van der Waals surface area (Å²) in [7, 11) is 0. The molecular weight excluding hydrogens is 304 g/mol. The average molecular weight is 349 g/mol. The van der Waals surface area contributed by atoms with Gasteiger partial charge in [-0.05, 0) is 54.1 Å². The maximum atomic E-state index is 9.02. The van der Waals surface area contributed by atoms with E-state index in [1.165, 1.54) is 17.5 Å². The minimum absolute atomic E-state index is 0.243. The molecule has 25 heavy (non-hydrogen) atoms. The second kappa shape index (κ2) is 8.71. The summed E-state index contributed by atoms with van der Waals surface area (Å²) in [6, 6.07) is 9.21. The number of hydrogen-bond donors (Lipinski definition) is 1. The molecule has 0 fully saturated rings. The Morgan fingerprint density at radius 2 is 1.12 bits per heavy atom. The molecule has 0 aromatic heterocycles. The summed E-state index contributed by atoms with van der Waals surface area (Å²) in [5.41, 5.74) is 3.27. The lowest BCUT2D eigenvalue weighted by Gasteiger charge is -2.33. The third-order valence-corrected chi connectivity index (χ3v) is 4.37. The molecule has 0 saturated heterocycles. The lowest BCUT2D eigenvalue weighted by Crippen LogP contribution is -2.25. The molecule has 0 bridgehead atoms. The van der Waals surface area contributed by atoms with Gasteiger partial charge in [-0.15, -0.1) is 0 Å². The second-order valence-corrected chi connectivity index (χ2v) is 11.0. The van der Waals surface area contributed by atoms with E-state index in [1.54, 1.807) is 0 Å². The van der Waals surface area contributed by atoms with Crippen LogP contribution in [0.4, 0.5) is 0 Å². The fourth-order valence-electron chi connectivity index (χ4n) is 3.46. The maximum absolute atomic E-state index is 9.02. The fraction of sp³-hybridized carbons (Fsp3) is 0.750. The summed E-state index contributed by atoms with van der Waals surface area (Å²) < 4.78 is 0. The molecule has 0 heterocycles. The molecule has 1 aromatic carbocycles. The molecule has 1 aromatic rings. The maximum Gasteiger partial charge on any atom is 0.0591 e. The molecule has 0 saturated carbocycles. The Balaban J connectivity index is 0.000000697. The van der Waals surface area contributed by atoms with Gasteiger partial charge in [-0.25, -0.2) is 0 Å². The predicted molar refractivity (Wildman–Crippen MR) is 113 cm³/mol. The van der Waals surface area contributed by atoms with Gasteiger partial charge in [-0.1, -0.05) is 93.0 Å². The average Bonchev–Trinajstić information content (AvgIpc) is 2.34. The standard InChI is InChI=1S/C18H30.C6H14O/c1-16(2,3)13-18(7,8)15-11-9-14(10-12-15)17(4,5)6;1-4-5-6(2,3)7/h9-12H,13H2,1-8H3;7H,4-5H2,1-3H3. The van der Waals surface area contributed by atoms with E-state index in [-0.39, 0.29) is 10.8 Å². The Kier molecular flexibility index (Phi) is 8.43. The molecule has 0 radical (unpaired) electrons. The van der Waals surface area contributed by atoms with Crippen molar-refractivity contribution in [3.63, 3.8) is 0 Å². The van der Waals surface area contributed by atoms with E-state index in [9.17, 15) is 0 Å². The summed E-state index contributed by atoms with van der Waals surface area (Å²) in [6.07, 6.45) is 3.16. The van der Waals surface area contributed by atoms with E-state index in [1.807, 2.05) is 13.8 Å². The van der Waals surface area contributed by atoms with Gasteiger partial charge < -0.3 is 5.11 Å². The van der Waals surface area contributed by atoms with Crippen molar-refractivity contribution in [3.05, 3.63) is 35.4 Å². The first-order chi connectivity index (χ1) is 11.0. The van der Waals surface area contributed by atoms with Gasteiger partial charge in [0.1, 0.15) is 0 Å². The van der Waals surface area contributed by atoms with Crippen LogP contribution in [0.2, 0.25) is 0 Å². The monoisotopic (exact) mass is 348 g/mol. The van der Waals surface area contributed by atoms with Crippen LogP contribution in [0.25, 0.3) is 0 Å². The van der Waals surface area contributed by atoms with Gasteiger partial charge in [0, 0.05) is 0 Å². The Morgan fingerprint density at radius 1 is 0.720 bits per heavy atom. The molecule has 0 aliphatic carbocycles. The topological polar surface area (TPSA) is 20.2 Å². The van der Waals surface area contributed by atoms with Gasteiger partial charge in [0.05, 0.1) is 5.60 Å². The Labute approximate surface area is 158 Å². The third kappa shape index (κ3) is 10.7. The van der Waals surface area contributed by atoms with Crippen LogP contribution in [-0.2, 0) is 10.8 Å². The summed E-state index contributed by atoms with van der Waals surface area (Å²) in [4.78, 5) is 0. The molecule has 1 N–H and O–H groups in total. The number of hydrogen-bond acceptors (Lipinski definition) is 1. The highest BCUT2D eigenvalue weighted by molar-refractivity contribution is 5.31. The summed E-state index contributed by atoms with van der Waals surface area (Å²) in [5, 5.41) is 9.02. The Morgan fingerprint density at radius 3 is 1.36 bits per heavy atom. The van der Waals surface area contributed by atoms with Gasteiger partial charge in [-0.2, -0.15) is 0 Å². The zero-order chi connectivity index (χ0) is 20.1. The number of rotatable bonds is 4. The van der Waals surface area contributed by atoms with Gasteiger partial charge in [0.15, 0.2) is 0 Å². The van der Waals surface area contributed by atoms with E-state index in [2.05, 4.69) is 86.6 Å². The van der Waals surface area contributed by atoms with Gasteiger partial charge in [-0.3, -0.25) is 0 Å². The van der Waals surface area contributed by atoms with Gasteiger partial charge in [0.25, 0.3) is 0 Å². The number of benzene rings is 1. The molecule has 0 aliphatic rings. The minimum Gasteiger partial charge on any atom is -0.390 e. The first kappa shape index (κ1) is 24.2. The molecule has 0 atom stereocenters. The third-order valence-electron chi connectivity index (χ3n) is 4.37. The van der Waals surface area contributed by atoms with Crippen LogP contribution >= 0.6 is 0 Å². The first-order valence-corrected chi connectivity index (χ1v) is 9.81. The molecular formula is C24H44O. The highest BCUT2D eigenvalue weighted by atomic mass is 16.3. The normalized spacial score (nSPS) is 13.3. The molecule has 146 valence electrons. The van der Waals surface area contributed by atoms with Crippen LogP contribution in [0, 0.1) is 5.41 Å². The molecule has 0 amide bonds. The van der Waals surface area contributed by atoms with Gasteiger partial charge in [0.2, 0.25) is 0 Å². The van der Waals surface area contributed by atoms with E-state index < -0.39 is 5.60 Å². The number of aliphatic hydroxyl groups is 1. The van der Waals surface area contributed by atoms with Crippen molar-refractivity contribution in [2.24, 2.45) is 5.41 Å². The van der Waals surface area contributed by atoms with Crippen LogP contribution in [0.1, 0.15) is 107 Å². The quantitative estimate of drug-likeness (QED) is 0.607. The molecule has 1 rings (SSSR count). The summed E-state index contributed by atoms with van der Waals surface area (Å²) in [6.45, 7) is 24.2. The molecule has 0 aliphatic heterocycles. The second-order valence-electron chi connectivity index (χ2n) is 11.0. The highest BCUT2D eigenvalue weighted by Gasteiger charge is 2.27. The minimum atomic E-state index is -0.450. The summed E-state index contributed by atoms with van der Waals surface area (Å²) >= 11 is 0. The largest absolute Gasteiger partial charge is 0.390 e. The predicted octanol–water partition coefficient (Wildman–Crippen LogP) is 7.26.